The van der Waals surface area contributed by atoms with E-state index in [1.807, 2.05) is 6.07 Å². The average Bonchev–Trinajstić information content (AvgIpc) is 2.91. The number of methoxy groups -OCH3 is 1. The molecule has 90 valence electrons. The van der Waals surface area contributed by atoms with Crippen LogP contribution in [0.2, 0.25) is 0 Å². The van der Waals surface area contributed by atoms with Gasteiger partial charge in [0.15, 0.2) is 6.29 Å². The largest absolute Gasteiger partial charge is 0.495 e. The fraction of sp³-hybridized carbons (Fsp3) is 0.500. The van der Waals surface area contributed by atoms with Gasteiger partial charge in [-0.25, -0.2) is 0 Å². The van der Waals surface area contributed by atoms with Gasteiger partial charge >= 0.3 is 0 Å². The summed E-state index contributed by atoms with van der Waals surface area (Å²) >= 11 is 0. The van der Waals surface area contributed by atoms with Crippen LogP contribution in [0.1, 0.15) is 30.4 Å². The Bertz CT molecular complexity index is 436. The highest BCUT2D eigenvalue weighted by Gasteiger charge is 2.25. The van der Waals surface area contributed by atoms with E-state index >= 15 is 0 Å². The molecule has 1 fully saturated rings. The van der Waals surface area contributed by atoms with Crippen LogP contribution in [0.4, 0.5) is 0 Å². The standard InChI is InChI=1S/C12H14N2O3/c1-8(6-13)11-10(12-16-3-4-17-12)5-9(15-2)7-14-11/h5,7-8,12H,3-4H2,1-2H3. The minimum Gasteiger partial charge on any atom is -0.495 e. The molecule has 0 amide bonds. The molecule has 1 unspecified atom stereocenters. The minimum atomic E-state index is -0.441. The first-order valence-corrected chi connectivity index (χ1v) is 5.43. The lowest BCUT2D eigenvalue weighted by atomic mass is 10.0. The second-order valence-electron chi connectivity index (χ2n) is 3.77. The zero-order valence-electron chi connectivity index (χ0n) is 9.84. The second kappa shape index (κ2) is 5.13. The molecule has 0 saturated carbocycles. The van der Waals surface area contributed by atoms with Crippen LogP contribution >= 0.6 is 0 Å². The number of hydrogen-bond acceptors (Lipinski definition) is 5. The highest BCUT2D eigenvalue weighted by molar-refractivity contribution is 5.34. The van der Waals surface area contributed by atoms with Crippen molar-refractivity contribution < 1.29 is 14.2 Å². The number of nitriles is 1. The second-order valence-corrected chi connectivity index (χ2v) is 3.77. The summed E-state index contributed by atoms with van der Waals surface area (Å²) in [4.78, 5) is 4.26. The van der Waals surface area contributed by atoms with E-state index in [2.05, 4.69) is 11.1 Å². The predicted octanol–water partition coefficient (Wildman–Crippen LogP) is 1.76. The molecule has 1 saturated heterocycles. The molecular formula is C12H14N2O3. The lowest BCUT2D eigenvalue weighted by Crippen LogP contribution is -2.07. The molecule has 5 nitrogen and oxygen atoms in total. The fourth-order valence-electron chi connectivity index (χ4n) is 1.73. The Morgan fingerprint density at radius 2 is 2.24 bits per heavy atom. The molecule has 0 aliphatic carbocycles. The van der Waals surface area contributed by atoms with Crippen LogP contribution in [-0.2, 0) is 9.47 Å². The summed E-state index contributed by atoms with van der Waals surface area (Å²) in [5.74, 6) is 0.330. The smallest absolute Gasteiger partial charge is 0.185 e. The Kier molecular flexibility index (Phi) is 3.57. The molecule has 17 heavy (non-hydrogen) atoms. The van der Waals surface area contributed by atoms with Gasteiger partial charge in [-0.15, -0.1) is 0 Å². The van der Waals surface area contributed by atoms with Gasteiger partial charge in [-0.1, -0.05) is 0 Å². The predicted molar refractivity (Wildman–Crippen MR) is 59.5 cm³/mol. The number of rotatable bonds is 3. The van der Waals surface area contributed by atoms with Gasteiger partial charge < -0.3 is 14.2 Å². The highest BCUT2D eigenvalue weighted by Crippen LogP contribution is 2.31. The minimum absolute atomic E-state index is 0.302. The lowest BCUT2D eigenvalue weighted by Gasteiger charge is -2.15. The number of aromatic nitrogens is 1. The molecule has 1 aromatic rings. The van der Waals surface area contributed by atoms with Crippen molar-refractivity contribution >= 4 is 0 Å². The quantitative estimate of drug-likeness (QED) is 0.797. The van der Waals surface area contributed by atoms with Crippen LogP contribution in [0, 0.1) is 11.3 Å². The van der Waals surface area contributed by atoms with Crippen molar-refractivity contribution in [3.63, 3.8) is 0 Å². The summed E-state index contributed by atoms with van der Waals surface area (Å²) in [5, 5.41) is 8.98. The molecule has 1 aliphatic heterocycles. The summed E-state index contributed by atoms with van der Waals surface area (Å²) < 4.78 is 16.0. The third kappa shape index (κ3) is 2.38. The van der Waals surface area contributed by atoms with Crippen molar-refractivity contribution in [1.82, 2.24) is 4.98 Å². The first-order valence-electron chi connectivity index (χ1n) is 5.43. The van der Waals surface area contributed by atoms with Gasteiger partial charge in [0.25, 0.3) is 0 Å². The van der Waals surface area contributed by atoms with Crippen molar-refractivity contribution in [2.75, 3.05) is 20.3 Å². The van der Waals surface area contributed by atoms with Crippen LogP contribution in [0.5, 0.6) is 5.75 Å². The molecule has 0 aromatic carbocycles. The van der Waals surface area contributed by atoms with E-state index < -0.39 is 6.29 Å². The monoisotopic (exact) mass is 234 g/mol. The van der Waals surface area contributed by atoms with Crippen LogP contribution in [0.15, 0.2) is 12.3 Å². The SMILES string of the molecule is COc1cnc(C(C)C#N)c(C2OCCO2)c1. The molecule has 0 radical (unpaired) electrons. The van der Waals surface area contributed by atoms with Gasteiger partial charge in [0.1, 0.15) is 5.75 Å². The lowest BCUT2D eigenvalue weighted by molar-refractivity contribution is -0.0451. The van der Waals surface area contributed by atoms with Crippen molar-refractivity contribution in [3.8, 4) is 11.8 Å². The number of nitrogens with zero attached hydrogens (tertiary/aromatic N) is 2. The normalized spacial score (nSPS) is 17.7. The van der Waals surface area contributed by atoms with Crippen LogP contribution in [0.3, 0.4) is 0 Å². The number of pyridine rings is 1. The molecular weight excluding hydrogens is 220 g/mol. The van der Waals surface area contributed by atoms with Crippen molar-refractivity contribution in [3.05, 3.63) is 23.5 Å². The van der Waals surface area contributed by atoms with E-state index in [0.717, 1.165) is 5.56 Å². The van der Waals surface area contributed by atoms with Gasteiger partial charge in [0.2, 0.25) is 0 Å². The molecule has 1 aromatic heterocycles. The van der Waals surface area contributed by atoms with E-state index in [1.54, 1.807) is 20.2 Å². The Morgan fingerprint density at radius 3 is 2.82 bits per heavy atom. The maximum absolute atomic E-state index is 8.98. The average molecular weight is 234 g/mol. The summed E-state index contributed by atoms with van der Waals surface area (Å²) in [7, 11) is 1.57. The number of hydrogen-bond donors (Lipinski definition) is 0. The molecule has 1 atom stereocenters. The molecule has 2 heterocycles. The molecule has 0 bridgehead atoms. The highest BCUT2D eigenvalue weighted by atomic mass is 16.7. The third-order valence-corrected chi connectivity index (χ3v) is 2.64. The van der Waals surface area contributed by atoms with E-state index in [1.165, 1.54) is 0 Å². The van der Waals surface area contributed by atoms with Gasteiger partial charge in [0.05, 0.1) is 44.2 Å². The fourth-order valence-corrected chi connectivity index (χ4v) is 1.73. The molecule has 2 rings (SSSR count). The Morgan fingerprint density at radius 1 is 1.53 bits per heavy atom. The first-order chi connectivity index (χ1) is 8.26. The van der Waals surface area contributed by atoms with Crippen LogP contribution in [0.25, 0.3) is 0 Å². The summed E-state index contributed by atoms with van der Waals surface area (Å²) in [6.07, 6.45) is 1.16. The van der Waals surface area contributed by atoms with Crippen molar-refractivity contribution in [2.45, 2.75) is 19.1 Å². The van der Waals surface area contributed by atoms with Gasteiger partial charge in [-0.05, 0) is 13.0 Å². The van der Waals surface area contributed by atoms with E-state index in [9.17, 15) is 0 Å². The summed E-state index contributed by atoms with van der Waals surface area (Å²) in [6, 6.07) is 3.98. The zero-order chi connectivity index (χ0) is 12.3. The number of ether oxygens (including phenoxy) is 3. The van der Waals surface area contributed by atoms with Gasteiger partial charge in [-0.2, -0.15) is 5.26 Å². The Hall–Kier alpha value is -1.64. The zero-order valence-corrected chi connectivity index (χ0v) is 9.84. The van der Waals surface area contributed by atoms with E-state index in [0.29, 0.717) is 24.7 Å². The maximum Gasteiger partial charge on any atom is 0.185 e. The maximum atomic E-state index is 8.98. The molecule has 0 N–H and O–H groups in total. The molecule has 0 spiro atoms. The first kappa shape index (κ1) is 11.8. The topological polar surface area (TPSA) is 64.4 Å². The summed E-state index contributed by atoms with van der Waals surface area (Å²) in [5.41, 5.74) is 1.45. The van der Waals surface area contributed by atoms with Gasteiger partial charge in [-0.3, -0.25) is 4.98 Å². The van der Waals surface area contributed by atoms with Gasteiger partial charge in [0, 0.05) is 5.56 Å². The van der Waals surface area contributed by atoms with Crippen molar-refractivity contribution in [2.24, 2.45) is 0 Å². The summed E-state index contributed by atoms with van der Waals surface area (Å²) in [6.45, 7) is 2.91. The third-order valence-electron chi connectivity index (χ3n) is 2.64. The Balaban J connectivity index is 2.40. The van der Waals surface area contributed by atoms with E-state index in [-0.39, 0.29) is 5.92 Å². The molecule has 1 aliphatic rings. The van der Waals surface area contributed by atoms with Crippen LogP contribution in [-0.4, -0.2) is 25.3 Å². The molecule has 5 heteroatoms. The van der Waals surface area contributed by atoms with Crippen LogP contribution < -0.4 is 4.74 Å². The van der Waals surface area contributed by atoms with Crippen molar-refractivity contribution in [1.29, 1.82) is 5.26 Å². The van der Waals surface area contributed by atoms with E-state index in [4.69, 9.17) is 19.5 Å². The Labute approximate surface area is 99.9 Å².